The molecule has 0 saturated heterocycles. The Morgan fingerprint density at radius 1 is 1.07 bits per heavy atom. The maximum absolute atomic E-state index is 8.74. The van der Waals surface area contributed by atoms with Crippen LogP contribution in [0.15, 0.2) is 0 Å². The van der Waals surface area contributed by atoms with Gasteiger partial charge in [-0.25, -0.2) is 0 Å². The normalized spacial score (nSPS) is 9.87. The van der Waals surface area contributed by atoms with Crippen LogP contribution in [0.5, 0.6) is 0 Å². The van der Waals surface area contributed by atoms with Crippen LogP contribution < -0.4 is 29.6 Å². The standard InChI is InChI=1S/C8H18O.Na.H2O4S.H/c1-3-5-7-9-8-6-4-2;;1-5(2,3)4;/h3-8H2,1-2H3;;(H2,1,2,3,4);/q;+1;;-1. The second-order valence-corrected chi connectivity index (χ2v) is 3.66. The minimum atomic E-state index is -4.67. The van der Waals surface area contributed by atoms with Gasteiger partial charge in [0, 0.05) is 13.2 Å². The molecule has 0 aromatic carbocycles. The molecule has 0 atom stereocenters. The van der Waals surface area contributed by atoms with E-state index in [4.69, 9.17) is 22.3 Å². The predicted molar refractivity (Wildman–Crippen MR) is 55.9 cm³/mol. The van der Waals surface area contributed by atoms with Gasteiger partial charge in [0.1, 0.15) is 0 Å². The first-order chi connectivity index (χ1) is 6.41. The third kappa shape index (κ3) is 52.3. The average molecular weight is 252 g/mol. The first-order valence-electron chi connectivity index (χ1n) is 4.69. The molecular weight excluding hydrogens is 231 g/mol. The Bertz CT molecular complexity index is 185. The molecule has 0 amide bonds. The molecule has 15 heavy (non-hydrogen) atoms. The summed E-state index contributed by atoms with van der Waals surface area (Å²) in [7, 11) is -4.67. The van der Waals surface area contributed by atoms with Gasteiger partial charge >= 0.3 is 40.0 Å². The first-order valence-corrected chi connectivity index (χ1v) is 6.09. The Morgan fingerprint density at radius 2 is 1.33 bits per heavy atom. The van der Waals surface area contributed by atoms with E-state index in [9.17, 15) is 0 Å². The van der Waals surface area contributed by atoms with E-state index in [-0.39, 0.29) is 31.0 Å². The fourth-order valence-electron chi connectivity index (χ4n) is 0.595. The molecule has 90 valence electrons. The van der Waals surface area contributed by atoms with Gasteiger partial charge in [-0.05, 0) is 12.8 Å². The molecule has 0 aliphatic rings. The Morgan fingerprint density at radius 3 is 1.53 bits per heavy atom. The van der Waals surface area contributed by atoms with Crippen LogP contribution in [0.1, 0.15) is 41.0 Å². The number of rotatable bonds is 6. The fraction of sp³-hybridized carbons (Fsp3) is 1.00. The van der Waals surface area contributed by atoms with E-state index < -0.39 is 10.4 Å². The van der Waals surface area contributed by atoms with Gasteiger partial charge in [-0.1, -0.05) is 26.7 Å². The number of unbranched alkanes of at least 4 members (excludes halogenated alkanes) is 2. The van der Waals surface area contributed by atoms with Crippen LogP contribution in [0.25, 0.3) is 0 Å². The van der Waals surface area contributed by atoms with Crippen molar-refractivity contribution in [3.05, 3.63) is 0 Å². The number of ether oxygens (including phenoxy) is 1. The van der Waals surface area contributed by atoms with Crippen LogP contribution >= 0.6 is 0 Å². The molecule has 0 aromatic rings. The molecule has 0 fully saturated rings. The summed E-state index contributed by atoms with van der Waals surface area (Å²) >= 11 is 0. The number of hydrogen-bond acceptors (Lipinski definition) is 3. The largest absolute Gasteiger partial charge is 1.00 e. The summed E-state index contributed by atoms with van der Waals surface area (Å²) in [4.78, 5) is 0. The van der Waals surface area contributed by atoms with E-state index in [0.717, 1.165) is 13.2 Å². The maximum Gasteiger partial charge on any atom is 1.00 e. The average Bonchev–Trinajstić information content (AvgIpc) is 2.01. The van der Waals surface area contributed by atoms with Gasteiger partial charge in [0.2, 0.25) is 0 Å². The van der Waals surface area contributed by atoms with E-state index in [2.05, 4.69) is 13.8 Å². The Labute approximate surface area is 116 Å². The van der Waals surface area contributed by atoms with Gasteiger partial charge in [0.05, 0.1) is 0 Å². The summed E-state index contributed by atoms with van der Waals surface area (Å²) in [6.45, 7) is 6.28. The number of hydrogen-bond donors (Lipinski definition) is 2. The fourth-order valence-corrected chi connectivity index (χ4v) is 0.595. The first kappa shape index (κ1) is 21.1. The van der Waals surface area contributed by atoms with Gasteiger partial charge in [-0.15, -0.1) is 0 Å². The quantitative estimate of drug-likeness (QED) is 0.362. The molecule has 0 aliphatic carbocycles. The van der Waals surface area contributed by atoms with E-state index in [1.165, 1.54) is 25.7 Å². The predicted octanol–water partition coefficient (Wildman–Crippen LogP) is -0.933. The van der Waals surface area contributed by atoms with Gasteiger partial charge in [-0.2, -0.15) is 8.42 Å². The minimum absolute atomic E-state index is 0. The maximum atomic E-state index is 8.74. The van der Waals surface area contributed by atoms with Crippen molar-refractivity contribution in [2.24, 2.45) is 0 Å². The van der Waals surface area contributed by atoms with Crippen molar-refractivity contribution >= 4 is 10.4 Å². The SMILES string of the molecule is CCCCOCCCC.O=S(=O)(O)O.[H-].[Na+]. The molecule has 0 bridgehead atoms. The molecule has 2 N–H and O–H groups in total. The Kier molecular flexibility index (Phi) is 20.9. The second kappa shape index (κ2) is 14.8. The Hall–Kier alpha value is 0.830. The molecule has 0 spiro atoms. The van der Waals surface area contributed by atoms with Crippen LogP contribution in [-0.2, 0) is 15.1 Å². The third-order valence-electron chi connectivity index (χ3n) is 1.28. The van der Waals surface area contributed by atoms with Crippen molar-refractivity contribution in [2.75, 3.05) is 13.2 Å². The molecule has 0 unspecified atom stereocenters. The van der Waals surface area contributed by atoms with E-state index in [0.29, 0.717) is 0 Å². The zero-order chi connectivity index (χ0) is 11.4. The van der Waals surface area contributed by atoms with Crippen molar-refractivity contribution in [3.8, 4) is 0 Å². The minimum Gasteiger partial charge on any atom is -1.00 e. The summed E-state index contributed by atoms with van der Waals surface area (Å²) < 4.78 is 36.9. The smallest absolute Gasteiger partial charge is 1.00 e. The second-order valence-electron chi connectivity index (χ2n) is 2.77. The van der Waals surface area contributed by atoms with Gasteiger partial charge in [0.25, 0.3) is 0 Å². The zero-order valence-electron chi connectivity index (χ0n) is 10.8. The topological polar surface area (TPSA) is 83.8 Å². The van der Waals surface area contributed by atoms with Gasteiger partial charge in [0.15, 0.2) is 0 Å². The van der Waals surface area contributed by atoms with Gasteiger partial charge < -0.3 is 6.16 Å². The summed E-state index contributed by atoms with van der Waals surface area (Å²) in [5.41, 5.74) is 0. The summed E-state index contributed by atoms with van der Waals surface area (Å²) in [5, 5.41) is 0. The van der Waals surface area contributed by atoms with Crippen LogP contribution in [0, 0.1) is 0 Å². The molecule has 0 aliphatic heterocycles. The van der Waals surface area contributed by atoms with Crippen LogP contribution in [-0.4, -0.2) is 30.7 Å². The van der Waals surface area contributed by atoms with E-state index >= 15 is 0 Å². The van der Waals surface area contributed by atoms with Crippen LogP contribution in [0.3, 0.4) is 0 Å². The molecule has 0 saturated carbocycles. The Balaban J connectivity index is -0.0000000904. The van der Waals surface area contributed by atoms with E-state index in [1.54, 1.807) is 0 Å². The molecule has 0 rings (SSSR count). The molecule has 5 nitrogen and oxygen atoms in total. The molecule has 7 heteroatoms. The van der Waals surface area contributed by atoms with Crippen molar-refractivity contribution in [3.63, 3.8) is 0 Å². The summed E-state index contributed by atoms with van der Waals surface area (Å²) in [6, 6.07) is 0. The van der Waals surface area contributed by atoms with Crippen molar-refractivity contribution in [2.45, 2.75) is 39.5 Å². The van der Waals surface area contributed by atoms with E-state index in [1.807, 2.05) is 0 Å². The van der Waals surface area contributed by atoms with Crippen LogP contribution in [0.2, 0.25) is 0 Å². The molecule has 0 aromatic heterocycles. The van der Waals surface area contributed by atoms with Crippen molar-refractivity contribution in [1.82, 2.24) is 0 Å². The van der Waals surface area contributed by atoms with Gasteiger partial charge in [-0.3, -0.25) is 9.11 Å². The van der Waals surface area contributed by atoms with Crippen molar-refractivity contribution < 1.29 is 53.2 Å². The summed E-state index contributed by atoms with van der Waals surface area (Å²) in [6.07, 6.45) is 4.91. The zero-order valence-corrected chi connectivity index (χ0v) is 12.6. The molecule has 0 radical (unpaired) electrons. The molecule has 0 heterocycles. The summed E-state index contributed by atoms with van der Waals surface area (Å²) in [5.74, 6) is 0. The third-order valence-corrected chi connectivity index (χ3v) is 1.28. The monoisotopic (exact) mass is 252 g/mol. The van der Waals surface area contributed by atoms with Crippen molar-refractivity contribution in [1.29, 1.82) is 0 Å². The van der Waals surface area contributed by atoms with Crippen LogP contribution in [0.4, 0.5) is 0 Å². The molecular formula is C8H21NaO5S.